The molecule has 3 aliphatic rings. The van der Waals surface area contributed by atoms with Crippen LogP contribution in [0.2, 0.25) is 0 Å². The highest BCUT2D eigenvalue weighted by Gasteiger charge is 2.59. The van der Waals surface area contributed by atoms with Crippen molar-refractivity contribution in [2.75, 3.05) is 20.8 Å². The number of ether oxygens (including phenoxy) is 11. The largest absolute Gasteiger partial charge is 0.497 e. The first-order valence-electron chi connectivity index (χ1n) is 20.5. The minimum atomic E-state index is -1.92. The van der Waals surface area contributed by atoms with E-state index in [4.69, 9.17) is 52.1 Å². The second kappa shape index (κ2) is 21.7. The van der Waals surface area contributed by atoms with Gasteiger partial charge in [0.05, 0.1) is 38.4 Å². The minimum absolute atomic E-state index is 0.0395. The van der Waals surface area contributed by atoms with Gasteiger partial charge in [-0.1, -0.05) is 71.8 Å². The third-order valence-electron chi connectivity index (χ3n) is 10.5. The van der Waals surface area contributed by atoms with E-state index in [9.17, 15) is 29.5 Å². The summed E-state index contributed by atoms with van der Waals surface area (Å²) in [4.78, 5) is 70.1. The van der Waals surface area contributed by atoms with E-state index in [-0.39, 0.29) is 35.7 Å². The highest BCUT2D eigenvalue weighted by Crippen LogP contribution is 2.40. The maximum Gasteiger partial charge on any atom is 0.339 e. The lowest BCUT2D eigenvalue weighted by Gasteiger charge is -2.50. The number of azide groups is 1. The predicted molar refractivity (Wildman–Crippen MR) is 222 cm³/mol. The zero-order valence-electron chi connectivity index (χ0n) is 35.3. The van der Waals surface area contributed by atoms with Gasteiger partial charge in [-0.2, -0.15) is 0 Å². The van der Waals surface area contributed by atoms with Crippen LogP contribution < -0.4 is 9.47 Å². The van der Waals surface area contributed by atoms with Gasteiger partial charge in [0.25, 0.3) is 0 Å². The fourth-order valence-corrected chi connectivity index (χ4v) is 7.35. The average Bonchev–Trinajstić information content (AvgIpc) is 3.33. The van der Waals surface area contributed by atoms with Crippen molar-refractivity contribution in [3.05, 3.63) is 142 Å². The summed E-state index contributed by atoms with van der Waals surface area (Å²) in [5, 5.41) is 4.05. The standard InChI is InChI=1S/C46H45N3O16/c1-26(50)19-24-33(51)60-37-38(61-41(52)27-13-7-4-8-14-27)40(62-42(53)28-15-9-5-10-16-28)46(65-39(37)43(54)56-3)64-36-34(48-49-47)45(58-31-22-20-30(55-2)21-23-31)59-32-25-57-44(63-35(32)36)29-17-11-6-12-18-29/h4-18,20-23,32,34-40,44-46H,19,24-25H2,1-3H3/t32-,34-,35+,36-,37+,38+,39+,40-,44?,45+,46-/m1/s1. The number of hydrogen-bond acceptors (Lipinski definition) is 17. The molecule has 4 aromatic carbocycles. The summed E-state index contributed by atoms with van der Waals surface area (Å²) in [7, 11) is 2.55. The molecule has 340 valence electrons. The molecule has 0 amide bonds. The van der Waals surface area contributed by atoms with Crippen molar-refractivity contribution in [3.8, 4) is 11.5 Å². The Kier molecular flexibility index (Phi) is 15.4. The number of nitrogens with zero attached hydrogens (tertiary/aromatic N) is 3. The first-order chi connectivity index (χ1) is 31.6. The van der Waals surface area contributed by atoms with E-state index in [1.165, 1.54) is 38.3 Å². The van der Waals surface area contributed by atoms with Crippen LogP contribution in [0.4, 0.5) is 0 Å². The summed E-state index contributed by atoms with van der Waals surface area (Å²) >= 11 is 0. The molecule has 65 heavy (non-hydrogen) atoms. The molecule has 0 N–H and O–H groups in total. The van der Waals surface area contributed by atoms with Crippen LogP contribution in [0, 0.1) is 0 Å². The van der Waals surface area contributed by atoms with Crippen LogP contribution >= 0.6 is 0 Å². The van der Waals surface area contributed by atoms with E-state index in [1.54, 1.807) is 84.9 Å². The van der Waals surface area contributed by atoms with Crippen LogP contribution in [-0.4, -0.2) is 112 Å². The Balaban J connectivity index is 1.34. The molecule has 3 aliphatic heterocycles. The van der Waals surface area contributed by atoms with E-state index in [2.05, 4.69) is 10.0 Å². The van der Waals surface area contributed by atoms with Crippen molar-refractivity contribution >= 4 is 29.7 Å². The monoisotopic (exact) mass is 895 g/mol. The molecule has 0 saturated carbocycles. The van der Waals surface area contributed by atoms with Gasteiger partial charge in [0, 0.05) is 16.9 Å². The second-order valence-electron chi connectivity index (χ2n) is 14.9. The van der Waals surface area contributed by atoms with Gasteiger partial charge in [-0.3, -0.25) is 4.79 Å². The van der Waals surface area contributed by atoms with E-state index < -0.39 is 97.9 Å². The molecule has 19 heteroatoms. The van der Waals surface area contributed by atoms with Crippen LogP contribution in [0.15, 0.2) is 120 Å². The highest BCUT2D eigenvalue weighted by atomic mass is 16.8. The Labute approximate surface area is 372 Å². The van der Waals surface area contributed by atoms with Crippen LogP contribution in [0.1, 0.15) is 52.3 Å². The lowest BCUT2D eigenvalue weighted by Crippen LogP contribution is -2.68. The molecular formula is C46H45N3O16. The molecule has 11 atom stereocenters. The molecule has 3 heterocycles. The average molecular weight is 896 g/mol. The van der Waals surface area contributed by atoms with E-state index in [0.29, 0.717) is 11.3 Å². The SMILES string of the molecule is COC(=O)[C@H]1O[C@@H](O[C@@H]2[C@@H](N=[N+]=[N-])[C@@H](Oc3ccc(OC)cc3)O[C@@H]3COC(c4ccccc4)O[C@H]23)[C@H](OC(=O)c2ccccc2)[C@@H](OC(=O)c2ccccc2)[C@@H]1OC(=O)CCC(C)=O. The van der Waals surface area contributed by atoms with Crippen molar-refractivity contribution < 1.29 is 76.1 Å². The summed E-state index contributed by atoms with van der Waals surface area (Å²) in [5.41, 5.74) is 10.7. The molecule has 0 aromatic heterocycles. The van der Waals surface area contributed by atoms with Crippen molar-refractivity contribution in [1.82, 2.24) is 0 Å². The number of ketones is 1. The zero-order chi connectivity index (χ0) is 45.9. The van der Waals surface area contributed by atoms with Crippen LogP contribution in [0.5, 0.6) is 11.5 Å². The number of carbonyl (C=O) groups is 5. The first-order valence-corrected chi connectivity index (χ1v) is 20.5. The Bertz CT molecular complexity index is 2320. The Hall–Kier alpha value is -6.86. The molecule has 4 aromatic rings. The predicted octanol–water partition coefficient (Wildman–Crippen LogP) is 5.61. The smallest absolute Gasteiger partial charge is 0.339 e. The highest BCUT2D eigenvalue weighted by molar-refractivity contribution is 5.90. The summed E-state index contributed by atoms with van der Waals surface area (Å²) in [5.74, 6) is -3.54. The Morgan fingerprint density at radius 1 is 0.677 bits per heavy atom. The van der Waals surface area contributed by atoms with Gasteiger partial charge in [-0.15, -0.1) is 0 Å². The van der Waals surface area contributed by atoms with E-state index >= 15 is 0 Å². The van der Waals surface area contributed by atoms with Crippen molar-refractivity contribution in [1.29, 1.82) is 0 Å². The maximum absolute atomic E-state index is 14.1. The summed E-state index contributed by atoms with van der Waals surface area (Å²) in [6, 6.07) is 29.5. The summed E-state index contributed by atoms with van der Waals surface area (Å²) in [6.45, 7) is 1.19. The molecule has 7 rings (SSSR count). The number of methoxy groups -OCH3 is 2. The fourth-order valence-electron chi connectivity index (χ4n) is 7.35. The van der Waals surface area contributed by atoms with Gasteiger partial charge in [-0.25, -0.2) is 14.4 Å². The number of fused-ring (bicyclic) bond motifs is 1. The minimum Gasteiger partial charge on any atom is -0.497 e. The third kappa shape index (κ3) is 11.3. The number of Topliss-reactive ketones (excluding diaryl/α,β-unsaturated/α-hetero) is 1. The zero-order valence-corrected chi connectivity index (χ0v) is 35.3. The molecule has 0 aliphatic carbocycles. The molecule has 3 fully saturated rings. The summed E-state index contributed by atoms with van der Waals surface area (Å²) < 4.78 is 66.7. The lowest BCUT2D eigenvalue weighted by atomic mass is 9.94. The quantitative estimate of drug-likeness (QED) is 0.0437. The van der Waals surface area contributed by atoms with Gasteiger partial charge in [0.2, 0.25) is 6.29 Å². The van der Waals surface area contributed by atoms with Gasteiger partial charge in [-0.05, 0) is 61.0 Å². The molecule has 3 saturated heterocycles. The topological polar surface area (TPSA) is 236 Å². The normalized spacial score (nSPS) is 27.0. The van der Waals surface area contributed by atoms with Crippen molar-refractivity contribution in [2.24, 2.45) is 5.11 Å². The number of rotatable bonds is 16. The fraction of sp³-hybridized carbons (Fsp3) is 0.370. The Morgan fingerprint density at radius 2 is 1.28 bits per heavy atom. The van der Waals surface area contributed by atoms with Crippen molar-refractivity contribution in [3.63, 3.8) is 0 Å². The van der Waals surface area contributed by atoms with Gasteiger partial charge in [0.1, 0.15) is 41.6 Å². The van der Waals surface area contributed by atoms with E-state index in [1.807, 2.05) is 6.07 Å². The lowest BCUT2D eigenvalue weighted by molar-refractivity contribution is -0.367. The summed E-state index contributed by atoms with van der Waals surface area (Å²) in [6.07, 6.45) is -16.0. The van der Waals surface area contributed by atoms with Crippen LogP contribution in [0.3, 0.4) is 0 Å². The molecule has 0 spiro atoms. The number of esters is 4. The first kappa shape index (κ1) is 46.1. The van der Waals surface area contributed by atoms with Gasteiger partial charge in [0.15, 0.2) is 37.0 Å². The Morgan fingerprint density at radius 3 is 1.86 bits per heavy atom. The van der Waals surface area contributed by atoms with Crippen LogP contribution in [-0.2, 0) is 57.0 Å². The van der Waals surface area contributed by atoms with E-state index in [0.717, 1.165) is 7.11 Å². The number of carbonyl (C=O) groups excluding carboxylic acids is 5. The maximum atomic E-state index is 14.1. The molecular weight excluding hydrogens is 851 g/mol. The van der Waals surface area contributed by atoms with Crippen LogP contribution in [0.25, 0.3) is 10.4 Å². The second-order valence-corrected chi connectivity index (χ2v) is 14.9. The van der Waals surface area contributed by atoms with Gasteiger partial charge < -0.3 is 56.9 Å². The molecule has 0 radical (unpaired) electrons. The number of hydrogen-bond donors (Lipinski definition) is 0. The number of benzene rings is 4. The van der Waals surface area contributed by atoms with Crippen molar-refractivity contribution in [2.45, 2.75) is 87.4 Å². The molecule has 19 nitrogen and oxygen atoms in total. The molecule has 0 bridgehead atoms. The van der Waals surface area contributed by atoms with Gasteiger partial charge >= 0.3 is 23.9 Å². The third-order valence-corrected chi connectivity index (χ3v) is 10.5. The molecule has 1 unspecified atom stereocenters.